The second kappa shape index (κ2) is 7.68. The number of aliphatic carboxylic acids is 1. The lowest BCUT2D eigenvalue weighted by Crippen LogP contribution is -2.51. The van der Waals surface area contributed by atoms with Gasteiger partial charge in [-0.3, -0.25) is 4.79 Å². The van der Waals surface area contributed by atoms with E-state index in [2.05, 4.69) is 5.32 Å². The van der Waals surface area contributed by atoms with Crippen LogP contribution in [-0.4, -0.2) is 58.8 Å². The number of carboxylic acid groups (broad SMARTS) is 1. The van der Waals surface area contributed by atoms with Gasteiger partial charge in [0.05, 0.1) is 0 Å². The minimum Gasteiger partial charge on any atom is -0.480 e. The summed E-state index contributed by atoms with van der Waals surface area (Å²) in [6, 6.07) is -1.62. The summed E-state index contributed by atoms with van der Waals surface area (Å²) in [5, 5.41) is 20.5. The third-order valence-electron chi connectivity index (χ3n) is 3.34. The fraction of sp³-hybridized carbons (Fsp3) is 0.750. The van der Waals surface area contributed by atoms with E-state index in [9.17, 15) is 14.4 Å². The Morgan fingerprint density at radius 3 is 2.65 bits per heavy atom. The van der Waals surface area contributed by atoms with Crippen LogP contribution in [0.1, 0.15) is 25.7 Å². The first-order valence-electron chi connectivity index (χ1n) is 6.61. The lowest BCUT2D eigenvalue weighted by molar-refractivity contribution is -0.139. The van der Waals surface area contributed by atoms with E-state index in [0.717, 1.165) is 12.8 Å². The Kier molecular flexibility index (Phi) is 6.23. The van der Waals surface area contributed by atoms with Gasteiger partial charge in [0.2, 0.25) is 5.91 Å². The van der Waals surface area contributed by atoms with Crippen LogP contribution in [0.25, 0.3) is 0 Å². The Morgan fingerprint density at radius 2 is 2.10 bits per heavy atom. The van der Waals surface area contributed by atoms with Crippen LogP contribution in [0.2, 0.25) is 0 Å². The summed E-state index contributed by atoms with van der Waals surface area (Å²) < 4.78 is 0. The van der Waals surface area contributed by atoms with Gasteiger partial charge in [-0.1, -0.05) is 0 Å². The van der Waals surface area contributed by atoms with Crippen LogP contribution in [0.4, 0.5) is 4.79 Å². The quantitative estimate of drug-likeness (QED) is 0.503. The molecule has 0 aromatic heterocycles. The molecule has 1 unspecified atom stereocenters. The molecule has 0 bridgehead atoms. The van der Waals surface area contributed by atoms with Gasteiger partial charge >= 0.3 is 12.0 Å². The number of urea groups is 1. The Hall–Kier alpha value is -1.83. The lowest BCUT2D eigenvalue weighted by Gasteiger charge is -2.32. The van der Waals surface area contributed by atoms with Gasteiger partial charge in [0.1, 0.15) is 6.04 Å². The van der Waals surface area contributed by atoms with Crippen LogP contribution >= 0.6 is 0 Å². The topological polar surface area (TPSA) is 133 Å². The number of nitrogens with zero attached hydrogens (tertiary/aromatic N) is 1. The number of nitrogens with one attached hydrogen (secondary N) is 1. The lowest BCUT2D eigenvalue weighted by atomic mass is 9.99. The zero-order chi connectivity index (χ0) is 15.1. The van der Waals surface area contributed by atoms with Gasteiger partial charge in [0.25, 0.3) is 0 Å². The van der Waals surface area contributed by atoms with E-state index in [1.54, 1.807) is 0 Å². The molecule has 0 radical (unpaired) electrons. The van der Waals surface area contributed by atoms with E-state index in [1.807, 2.05) is 0 Å². The van der Waals surface area contributed by atoms with E-state index in [1.165, 1.54) is 4.90 Å². The maximum absolute atomic E-state index is 12.0. The highest BCUT2D eigenvalue weighted by Gasteiger charge is 2.27. The van der Waals surface area contributed by atoms with Gasteiger partial charge in [0, 0.05) is 26.1 Å². The Balaban J connectivity index is 2.52. The number of hydrogen-bond acceptors (Lipinski definition) is 4. The number of likely N-dealkylation sites (tertiary alicyclic amines) is 1. The van der Waals surface area contributed by atoms with Gasteiger partial charge in [0.15, 0.2) is 0 Å². The number of rotatable bonds is 6. The summed E-state index contributed by atoms with van der Waals surface area (Å²) >= 11 is 0. The molecule has 8 heteroatoms. The highest BCUT2D eigenvalue weighted by atomic mass is 16.4. The monoisotopic (exact) mass is 287 g/mol. The van der Waals surface area contributed by atoms with E-state index in [0.29, 0.717) is 13.1 Å². The molecule has 1 aliphatic heterocycles. The molecule has 8 nitrogen and oxygen atoms in total. The minimum atomic E-state index is -1.20. The first kappa shape index (κ1) is 16.2. The van der Waals surface area contributed by atoms with E-state index < -0.39 is 23.9 Å². The summed E-state index contributed by atoms with van der Waals surface area (Å²) in [5.41, 5.74) is 4.97. The van der Waals surface area contributed by atoms with Crippen molar-refractivity contribution in [1.29, 1.82) is 0 Å². The zero-order valence-electron chi connectivity index (χ0n) is 11.2. The maximum atomic E-state index is 12.0. The molecule has 0 aliphatic carbocycles. The third kappa shape index (κ3) is 5.04. The molecule has 1 rings (SSSR count). The van der Waals surface area contributed by atoms with Crippen molar-refractivity contribution in [1.82, 2.24) is 10.2 Å². The van der Waals surface area contributed by atoms with Crippen molar-refractivity contribution in [2.24, 2.45) is 11.7 Å². The standard InChI is InChI=1S/C12H21N3O5/c13-10(17)4-3-9(11(18)19)14-12(20)15-5-1-2-8(6-15)7-16/h8-9,16H,1-7H2,(H2,13,17)(H,14,20)(H,18,19)/t8?,9-/m1/s1. The molecule has 1 fully saturated rings. The van der Waals surface area contributed by atoms with Crippen LogP contribution in [0, 0.1) is 5.92 Å². The largest absolute Gasteiger partial charge is 0.480 e. The van der Waals surface area contributed by atoms with Crippen molar-refractivity contribution in [2.45, 2.75) is 31.7 Å². The molecule has 0 aromatic carbocycles. The summed E-state index contributed by atoms with van der Waals surface area (Å²) in [4.78, 5) is 35.2. The fourth-order valence-electron chi connectivity index (χ4n) is 2.18. The predicted octanol–water partition coefficient (Wildman–Crippen LogP) is -0.881. The van der Waals surface area contributed by atoms with E-state index in [4.69, 9.17) is 15.9 Å². The smallest absolute Gasteiger partial charge is 0.326 e. The van der Waals surface area contributed by atoms with Crippen molar-refractivity contribution < 1.29 is 24.6 Å². The number of carbonyl (C=O) groups excluding carboxylic acids is 2. The van der Waals surface area contributed by atoms with Gasteiger partial charge in [-0.15, -0.1) is 0 Å². The van der Waals surface area contributed by atoms with Crippen molar-refractivity contribution in [2.75, 3.05) is 19.7 Å². The van der Waals surface area contributed by atoms with Crippen LogP contribution in [0.15, 0.2) is 0 Å². The number of carbonyl (C=O) groups is 3. The summed E-state index contributed by atoms with van der Waals surface area (Å²) in [5.74, 6) is -1.78. The Bertz CT molecular complexity index is 374. The maximum Gasteiger partial charge on any atom is 0.326 e. The normalized spacial score (nSPS) is 20.2. The molecule has 3 amide bonds. The van der Waals surface area contributed by atoms with Crippen molar-refractivity contribution in [3.63, 3.8) is 0 Å². The van der Waals surface area contributed by atoms with Gasteiger partial charge < -0.3 is 26.2 Å². The van der Waals surface area contributed by atoms with Crippen molar-refractivity contribution in [3.8, 4) is 0 Å². The molecule has 1 heterocycles. The number of aliphatic hydroxyl groups excluding tert-OH is 1. The summed E-state index contributed by atoms with van der Waals surface area (Å²) in [6.45, 7) is 0.947. The first-order valence-corrected chi connectivity index (χ1v) is 6.61. The highest BCUT2D eigenvalue weighted by molar-refractivity contribution is 5.83. The summed E-state index contributed by atoms with van der Waals surface area (Å²) in [6.07, 6.45) is 1.49. The SMILES string of the molecule is NC(=O)CC[C@@H](NC(=O)N1CCCC(CO)C1)C(=O)O. The summed E-state index contributed by atoms with van der Waals surface area (Å²) in [7, 11) is 0. The third-order valence-corrected chi connectivity index (χ3v) is 3.34. The molecule has 1 aliphatic rings. The van der Waals surface area contributed by atoms with Crippen LogP contribution < -0.4 is 11.1 Å². The molecule has 0 spiro atoms. The second-order valence-electron chi connectivity index (χ2n) is 4.98. The molecule has 5 N–H and O–H groups in total. The van der Waals surface area contributed by atoms with Gasteiger partial charge in [-0.05, 0) is 25.2 Å². The number of nitrogens with two attached hydrogens (primary N) is 1. The van der Waals surface area contributed by atoms with Crippen LogP contribution in [0.3, 0.4) is 0 Å². The number of aliphatic hydroxyl groups is 1. The van der Waals surface area contributed by atoms with Gasteiger partial charge in [-0.25, -0.2) is 9.59 Å². The van der Waals surface area contributed by atoms with Crippen LogP contribution in [0.5, 0.6) is 0 Å². The molecular weight excluding hydrogens is 266 g/mol. The molecular formula is C12H21N3O5. The second-order valence-corrected chi connectivity index (χ2v) is 4.98. The predicted molar refractivity (Wildman–Crippen MR) is 69.8 cm³/mol. The Labute approximate surface area is 116 Å². The number of hydrogen-bond donors (Lipinski definition) is 4. The highest BCUT2D eigenvalue weighted by Crippen LogP contribution is 2.15. The molecule has 114 valence electrons. The van der Waals surface area contributed by atoms with Gasteiger partial charge in [-0.2, -0.15) is 0 Å². The molecule has 2 atom stereocenters. The number of amides is 3. The van der Waals surface area contributed by atoms with Crippen molar-refractivity contribution >= 4 is 17.9 Å². The number of carboxylic acids is 1. The van der Waals surface area contributed by atoms with E-state index >= 15 is 0 Å². The van der Waals surface area contributed by atoms with Crippen LogP contribution in [-0.2, 0) is 9.59 Å². The molecule has 20 heavy (non-hydrogen) atoms. The molecule has 1 saturated heterocycles. The fourth-order valence-corrected chi connectivity index (χ4v) is 2.18. The Morgan fingerprint density at radius 1 is 1.40 bits per heavy atom. The average Bonchev–Trinajstić information content (AvgIpc) is 2.42. The molecule has 0 aromatic rings. The number of piperidine rings is 1. The van der Waals surface area contributed by atoms with Crippen molar-refractivity contribution in [3.05, 3.63) is 0 Å². The minimum absolute atomic E-state index is 0.00775. The number of primary amides is 1. The zero-order valence-corrected chi connectivity index (χ0v) is 11.2. The van der Waals surface area contributed by atoms with E-state index in [-0.39, 0.29) is 25.4 Å². The average molecular weight is 287 g/mol. The molecule has 0 saturated carbocycles. The first-order chi connectivity index (χ1) is 9.43.